The first kappa shape index (κ1) is 15.7. The number of nitro groups is 1. The van der Waals surface area contributed by atoms with Crippen LogP contribution in [-0.2, 0) is 4.79 Å². The fourth-order valence-corrected chi connectivity index (χ4v) is 2.94. The first-order valence-corrected chi connectivity index (χ1v) is 7.84. The van der Waals surface area contributed by atoms with Crippen LogP contribution in [0, 0.1) is 16.0 Å². The summed E-state index contributed by atoms with van der Waals surface area (Å²) in [6, 6.07) is 3.56. The summed E-state index contributed by atoms with van der Waals surface area (Å²) in [5.74, 6) is 0.503. The van der Waals surface area contributed by atoms with E-state index in [0.29, 0.717) is 17.8 Å². The zero-order chi connectivity index (χ0) is 16.4. The number of carbonyl (C=O) groups is 1. The number of hydrogen-bond acceptors (Lipinski definition) is 6. The van der Waals surface area contributed by atoms with Crippen molar-refractivity contribution in [3.63, 3.8) is 0 Å². The Bertz CT molecular complexity index is 582. The second kappa shape index (κ2) is 6.49. The van der Waals surface area contributed by atoms with Crippen LogP contribution in [0.15, 0.2) is 18.3 Å². The highest BCUT2D eigenvalue weighted by molar-refractivity contribution is 5.69. The van der Waals surface area contributed by atoms with Crippen LogP contribution in [0.5, 0.6) is 0 Å². The average Bonchev–Trinajstić information content (AvgIpc) is 3.25. The number of rotatable bonds is 8. The number of aliphatic carboxylic acids is 1. The van der Waals surface area contributed by atoms with E-state index < -0.39 is 10.9 Å². The first-order valence-electron chi connectivity index (χ1n) is 7.84. The summed E-state index contributed by atoms with van der Waals surface area (Å²) in [6.07, 6.45) is 5.40. The van der Waals surface area contributed by atoms with E-state index in [0.717, 1.165) is 19.4 Å². The molecule has 0 unspecified atom stereocenters. The molecule has 0 spiro atoms. The van der Waals surface area contributed by atoms with Gasteiger partial charge in [0.05, 0.1) is 11.5 Å². The average molecular weight is 320 g/mol. The first-order chi connectivity index (χ1) is 11.0. The topological polar surface area (TPSA) is 109 Å². The molecule has 124 valence electrons. The van der Waals surface area contributed by atoms with E-state index in [1.807, 2.05) is 0 Å². The van der Waals surface area contributed by atoms with Gasteiger partial charge in [-0.25, -0.2) is 4.98 Å². The van der Waals surface area contributed by atoms with Gasteiger partial charge in [0.15, 0.2) is 0 Å². The lowest BCUT2D eigenvalue weighted by molar-refractivity contribution is -0.385. The van der Waals surface area contributed by atoms with Crippen LogP contribution < -0.4 is 5.32 Å². The summed E-state index contributed by atoms with van der Waals surface area (Å²) in [5.41, 5.74) is -0.0286. The second-order valence-corrected chi connectivity index (χ2v) is 6.39. The van der Waals surface area contributed by atoms with Gasteiger partial charge in [0, 0.05) is 24.7 Å². The van der Waals surface area contributed by atoms with E-state index >= 15 is 0 Å². The Morgan fingerprint density at radius 3 is 2.70 bits per heavy atom. The molecular weight excluding hydrogens is 300 g/mol. The molecule has 1 aromatic rings. The third-order valence-electron chi connectivity index (χ3n) is 4.47. The lowest BCUT2D eigenvalue weighted by Gasteiger charge is -2.43. The molecule has 0 aliphatic heterocycles. The van der Waals surface area contributed by atoms with Gasteiger partial charge in [-0.05, 0) is 37.7 Å². The maximum Gasteiger partial charge on any atom is 0.317 e. The van der Waals surface area contributed by atoms with E-state index in [1.54, 1.807) is 6.07 Å². The zero-order valence-corrected chi connectivity index (χ0v) is 12.7. The molecule has 3 rings (SSSR count). The molecule has 0 radical (unpaired) electrons. The fraction of sp³-hybridized carbons (Fsp3) is 0.600. The lowest BCUT2D eigenvalue weighted by Crippen LogP contribution is -2.52. The van der Waals surface area contributed by atoms with E-state index in [1.165, 1.54) is 25.1 Å². The summed E-state index contributed by atoms with van der Waals surface area (Å²) in [7, 11) is 0. The predicted octanol–water partition coefficient (Wildman–Crippen LogP) is 1.73. The van der Waals surface area contributed by atoms with Crippen molar-refractivity contribution in [2.75, 3.05) is 18.4 Å². The molecule has 8 nitrogen and oxygen atoms in total. The third-order valence-corrected chi connectivity index (χ3v) is 4.47. The highest BCUT2D eigenvalue weighted by Crippen LogP contribution is 2.34. The summed E-state index contributed by atoms with van der Waals surface area (Å²) in [5, 5.41) is 22.9. The zero-order valence-electron chi connectivity index (χ0n) is 12.7. The SMILES string of the molecule is O=C(O)CN(CC1CC1)C1CC(Nc2ccc([N+](=O)[O-])cn2)C1. The highest BCUT2D eigenvalue weighted by Gasteiger charge is 2.37. The van der Waals surface area contributed by atoms with Crippen molar-refractivity contribution in [1.29, 1.82) is 0 Å². The van der Waals surface area contributed by atoms with Crippen LogP contribution in [0.2, 0.25) is 0 Å². The number of nitrogens with zero attached hydrogens (tertiary/aromatic N) is 3. The molecule has 0 aromatic carbocycles. The van der Waals surface area contributed by atoms with Gasteiger partial charge in [0.25, 0.3) is 5.69 Å². The summed E-state index contributed by atoms with van der Waals surface area (Å²) < 4.78 is 0. The molecule has 23 heavy (non-hydrogen) atoms. The van der Waals surface area contributed by atoms with Gasteiger partial charge in [-0.2, -0.15) is 0 Å². The number of carboxylic acid groups (broad SMARTS) is 1. The van der Waals surface area contributed by atoms with Crippen molar-refractivity contribution >= 4 is 17.5 Å². The molecule has 0 saturated heterocycles. The van der Waals surface area contributed by atoms with E-state index in [2.05, 4.69) is 15.2 Å². The molecule has 2 saturated carbocycles. The van der Waals surface area contributed by atoms with Gasteiger partial charge in [0.1, 0.15) is 12.0 Å². The lowest BCUT2D eigenvalue weighted by atomic mass is 9.85. The van der Waals surface area contributed by atoms with Crippen molar-refractivity contribution in [3.8, 4) is 0 Å². The van der Waals surface area contributed by atoms with Crippen LogP contribution in [0.25, 0.3) is 0 Å². The maximum atomic E-state index is 11.0. The van der Waals surface area contributed by atoms with Gasteiger partial charge >= 0.3 is 5.97 Å². The highest BCUT2D eigenvalue weighted by atomic mass is 16.6. The van der Waals surface area contributed by atoms with Crippen LogP contribution in [0.3, 0.4) is 0 Å². The van der Waals surface area contributed by atoms with Crippen LogP contribution in [0.4, 0.5) is 11.5 Å². The molecule has 2 N–H and O–H groups in total. The smallest absolute Gasteiger partial charge is 0.317 e. The van der Waals surface area contributed by atoms with Crippen LogP contribution in [0.1, 0.15) is 25.7 Å². The molecular formula is C15H20N4O4. The molecule has 2 fully saturated rings. The number of hydrogen-bond donors (Lipinski definition) is 2. The van der Waals surface area contributed by atoms with Crippen molar-refractivity contribution < 1.29 is 14.8 Å². The van der Waals surface area contributed by atoms with Gasteiger partial charge in [0.2, 0.25) is 0 Å². The van der Waals surface area contributed by atoms with E-state index in [9.17, 15) is 14.9 Å². The van der Waals surface area contributed by atoms with Crippen molar-refractivity contribution in [1.82, 2.24) is 9.88 Å². The third kappa shape index (κ3) is 4.16. The van der Waals surface area contributed by atoms with Crippen molar-refractivity contribution in [2.45, 2.75) is 37.8 Å². The van der Waals surface area contributed by atoms with Gasteiger partial charge in [-0.15, -0.1) is 0 Å². The Morgan fingerprint density at radius 2 is 2.17 bits per heavy atom. The normalized spacial score (nSPS) is 23.3. The van der Waals surface area contributed by atoms with Crippen LogP contribution in [-0.4, -0.2) is 51.1 Å². The minimum absolute atomic E-state index is 0.0286. The van der Waals surface area contributed by atoms with Gasteiger partial charge in [-0.1, -0.05) is 0 Å². The molecule has 0 amide bonds. The Hall–Kier alpha value is -2.22. The van der Waals surface area contributed by atoms with E-state index in [4.69, 9.17) is 5.11 Å². The monoisotopic (exact) mass is 320 g/mol. The summed E-state index contributed by atoms with van der Waals surface area (Å²) >= 11 is 0. The number of carboxylic acids is 1. The fourth-order valence-electron chi connectivity index (χ4n) is 2.94. The number of aromatic nitrogens is 1. The minimum atomic E-state index is -0.779. The molecule has 2 aliphatic rings. The predicted molar refractivity (Wildman–Crippen MR) is 83.3 cm³/mol. The Labute approximate surface area is 133 Å². The Balaban J connectivity index is 1.49. The maximum absolute atomic E-state index is 11.0. The van der Waals surface area contributed by atoms with Gasteiger partial charge < -0.3 is 10.4 Å². The van der Waals surface area contributed by atoms with Crippen molar-refractivity contribution in [2.24, 2.45) is 5.92 Å². The summed E-state index contributed by atoms with van der Waals surface area (Å²) in [4.78, 5) is 27.2. The molecule has 2 aliphatic carbocycles. The standard InChI is InChI=1S/C15H20N4O4/c20-15(21)9-18(8-10-1-2-10)13-5-11(6-13)17-14-4-3-12(7-16-14)19(22)23/h3-4,7,10-11,13H,1-2,5-6,8-9H2,(H,16,17)(H,20,21). The molecule has 1 aromatic heterocycles. The number of nitrogens with one attached hydrogen (secondary N) is 1. The molecule has 1 heterocycles. The number of pyridine rings is 1. The molecule has 0 bridgehead atoms. The Kier molecular flexibility index (Phi) is 4.42. The molecule has 8 heteroatoms. The summed E-state index contributed by atoms with van der Waals surface area (Å²) in [6.45, 7) is 0.975. The molecule has 0 atom stereocenters. The second-order valence-electron chi connectivity index (χ2n) is 6.39. The Morgan fingerprint density at radius 1 is 1.43 bits per heavy atom. The van der Waals surface area contributed by atoms with Crippen LogP contribution >= 0.6 is 0 Å². The number of anilines is 1. The largest absolute Gasteiger partial charge is 0.480 e. The van der Waals surface area contributed by atoms with Gasteiger partial charge in [-0.3, -0.25) is 19.8 Å². The van der Waals surface area contributed by atoms with Crippen molar-refractivity contribution in [3.05, 3.63) is 28.4 Å². The van der Waals surface area contributed by atoms with E-state index in [-0.39, 0.29) is 18.3 Å². The quantitative estimate of drug-likeness (QED) is 0.554. The minimum Gasteiger partial charge on any atom is -0.480 e.